The molecule has 1 aromatic carbocycles. The van der Waals surface area contributed by atoms with Crippen LogP contribution in [0.3, 0.4) is 0 Å². The molecule has 0 atom stereocenters. The molecular weight excluding hydrogens is 177 g/mol. The van der Waals surface area contributed by atoms with Crippen molar-refractivity contribution in [2.24, 2.45) is 0 Å². The maximum absolute atomic E-state index is 5.01. The number of aryl methyl sites for hydroxylation is 1. The molecule has 10 heavy (non-hydrogen) atoms. The Balaban J connectivity index is 0.000000810. The maximum Gasteiger partial charge on any atom is 0.0607 e. The first-order valence-electron chi connectivity index (χ1n) is 2.86. The fraction of sp³-hybridized carbons (Fsp3) is 0.250. The Morgan fingerprint density at radius 1 is 1.50 bits per heavy atom. The first kappa shape index (κ1) is 9.64. The molecule has 50 valence electrons. The molecule has 0 saturated heterocycles. The van der Waals surface area contributed by atoms with Crippen molar-refractivity contribution in [3.8, 4) is 5.75 Å². The van der Waals surface area contributed by atoms with Gasteiger partial charge in [-0.05, 0) is 0 Å². The van der Waals surface area contributed by atoms with Gasteiger partial charge in [0.1, 0.15) is 0 Å². The van der Waals surface area contributed by atoms with Gasteiger partial charge in [0.2, 0.25) is 0 Å². The van der Waals surface area contributed by atoms with Crippen molar-refractivity contribution in [1.82, 2.24) is 0 Å². The average molecular weight is 187 g/mol. The summed E-state index contributed by atoms with van der Waals surface area (Å²) in [4.78, 5) is 0. The van der Waals surface area contributed by atoms with E-state index < -0.39 is 0 Å². The topological polar surface area (TPSA) is 9.23 Å². The zero-order chi connectivity index (χ0) is 6.69. The SMILES string of the molecule is COc1ccc[c-]c1C.[Zn]. The second-order valence-corrected chi connectivity index (χ2v) is 1.86. The van der Waals surface area contributed by atoms with Gasteiger partial charge in [0.25, 0.3) is 0 Å². The van der Waals surface area contributed by atoms with E-state index in [9.17, 15) is 0 Å². The molecule has 0 aliphatic rings. The fourth-order valence-electron chi connectivity index (χ4n) is 0.726. The number of hydrogen-bond donors (Lipinski definition) is 0. The van der Waals surface area contributed by atoms with Gasteiger partial charge in [0.15, 0.2) is 0 Å². The van der Waals surface area contributed by atoms with E-state index in [0.29, 0.717) is 0 Å². The summed E-state index contributed by atoms with van der Waals surface area (Å²) in [6, 6.07) is 8.73. The summed E-state index contributed by atoms with van der Waals surface area (Å²) in [7, 11) is 1.66. The summed E-state index contributed by atoms with van der Waals surface area (Å²) in [5.41, 5.74) is 1.06. The molecule has 0 fully saturated rings. The Bertz CT molecular complexity index is 198. The van der Waals surface area contributed by atoms with Gasteiger partial charge < -0.3 is 4.74 Å². The summed E-state index contributed by atoms with van der Waals surface area (Å²) >= 11 is 0. The zero-order valence-electron chi connectivity index (χ0n) is 6.35. The minimum absolute atomic E-state index is 0. The quantitative estimate of drug-likeness (QED) is 0.480. The van der Waals surface area contributed by atoms with E-state index in [0.717, 1.165) is 11.3 Å². The van der Waals surface area contributed by atoms with Gasteiger partial charge in [-0.15, -0.1) is 11.6 Å². The van der Waals surface area contributed by atoms with Crippen molar-refractivity contribution < 1.29 is 24.2 Å². The number of ether oxygens (including phenoxy) is 1. The van der Waals surface area contributed by atoms with Crippen LogP contribution >= 0.6 is 0 Å². The van der Waals surface area contributed by atoms with Crippen molar-refractivity contribution in [2.75, 3.05) is 7.11 Å². The molecular formula is C8H9OZn-. The Morgan fingerprint density at radius 2 is 2.20 bits per heavy atom. The summed E-state index contributed by atoms with van der Waals surface area (Å²) in [5, 5.41) is 0. The van der Waals surface area contributed by atoms with E-state index in [2.05, 4.69) is 6.07 Å². The van der Waals surface area contributed by atoms with Crippen LogP contribution in [-0.2, 0) is 19.5 Å². The zero-order valence-corrected chi connectivity index (χ0v) is 9.31. The van der Waals surface area contributed by atoms with E-state index >= 15 is 0 Å². The minimum atomic E-state index is 0. The Morgan fingerprint density at radius 3 is 2.60 bits per heavy atom. The Hall–Kier alpha value is -0.357. The van der Waals surface area contributed by atoms with Crippen molar-refractivity contribution in [3.63, 3.8) is 0 Å². The third-order valence-corrected chi connectivity index (χ3v) is 1.23. The average Bonchev–Trinajstić information content (AvgIpc) is 1.89. The monoisotopic (exact) mass is 185 g/mol. The molecule has 0 bridgehead atoms. The van der Waals surface area contributed by atoms with Crippen LogP contribution in [0.25, 0.3) is 0 Å². The predicted molar refractivity (Wildman–Crippen MR) is 36.6 cm³/mol. The first-order chi connectivity index (χ1) is 4.34. The second-order valence-electron chi connectivity index (χ2n) is 1.86. The fourth-order valence-corrected chi connectivity index (χ4v) is 0.726. The van der Waals surface area contributed by atoms with Crippen molar-refractivity contribution in [1.29, 1.82) is 0 Å². The molecule has 0 spiro atoms. The van der Waals surface area contributed by atoms with Crippen LogP contribution in [0.15, 0.2) is 18.2 Å². The van der Waals surface area contributed by atoms with Crippen molar-refractivity contribution >= 4 is 0 Å². The third kappa shape index (κ3) is 2.11. The van der Waals surface area contributed by atoms with Gasteiger partial charge in [-0.25, -0.2) is 0 Å². The molecule has 0 aliphatic heterocycles. The van der Waals surface area contributed by atoms with Gasteiger partial charge in [-0.3, -0.25) is 0 Å². The largest absolute Gasteiger partial charge is 0.554 e. The molecule has 0 N–H and O–H groups in total. The van der Waals surface area contributed by atoms with E-state index in [4.69, 9.17) is 4.74 Å². The summed E-state index contributed by atoms with van der Waals surface area (Å²) < 4.78 is 5.01. The molecule has 0 aliphatic carbocycles. The first-order valence-corrected chi connectivity index (χ1v) is 2.86. The molecule has 1 rings (SSSR count). The number of methoxy groups -OCH3 is 1. The van der Waals surface area contributed by atoms with Crippen LogP contribution < -0.4 is 4.74 Å². The summed E-state index contributed by atoms with van der Waals surface area (Å²) in [6.07, 6.45) is 0. The standard InChI is InChI=1S/C8H9O.Zn/c1-7-5-3-4-6-8(7)9-2;/h3-4,6H,1-2H3;/q-1;. The molecule has 0 saturated carbocycles. The number of rotatable bonds is 1. The molecule has 2 heteroatoms. The molecule has 1 nitrogen and oxygen atoms in total. The number of benzene rings is 1. The van der Waals surface area contributed by atoms with Gasteiger partial charge in [-0.2, -0.15) is 18.2 Å². The van der Waals surface area contributed by atoms with Gasteiger partial charge in [-0.1, -0.05) is 6.92 Å². The molecule has 0 heterocycles. The smallest absolute Gasteiger partial charge is 0.0607 e. The van der Waals surface area contributed by atoms with Crippen molar-refractivity contribution in [2.45, 2.75) is 6.92 Å². The molecule has 0 unspecified atom stereocenters. The Kier molecular flexibility index (Phi) is 4.30. The minimum Gasteiger partial charge on any atom is -0.554 e. The van der Waals surface area contributed by atoms with Crippen LogP contribution in [-0.4, -0.2) is 7.11 Å². The van der Waals surface area contributed by atoms with E-state index in [1.807, 2.05) is 25.1 Å². The van der Waals surface area contributed by atoms with Crippen LogP contribution in [0, 0.1) is 13.0 Å². The van der Waals surface area contributed by atoms with Gasteiger partial charge in [0.05, 0.1) is 7.11 Å². The van der Waals surface area contributed by atoms with Crippen molar-refractivity contribution in [3.05, 3.63) is 29.8 Å². The normalized spacial score (nSPS) is 8.20. The Labute approximate surface area is 74.2 Å². The maximum atomic E-state index is 5.01. The third-order valence-electron chi connectivity index (χ3n) is 1.23. The number of hydrogen-bond acceptors (Lipinski definition) is 1. The molecule has 0 radical (unpaired) electrons. The predicted octanol–water partition coefficient (Wildman–Crippen LogP) is 1.80. The molecule has 0 aromatic heterocycles. The van der Waals surface area contributed by atoms with Gasteiger partial charge in [0, 0.05) is 25.2 Å². The summed E-state index contributed by atoms with van der Waals surface area (Å²) in [5.74, 6) is 0.900. The summed E-state index contributed by atoms with van der Waals surface area (Å²) in [6.45, 7) is 1.97. The van der Waals surface area contributed by atoms with E-state index in [-0.39, 0.29) is 19.5 Å². The van der Waals surface area contributed by atoms with E-state index in [1.165, 1.54) is 0 Å². The van der Waals surface area contributed by atoms with Gasteiger partial charge >= 0.3 is 0 Å². The second kappa shape index (κ2) is 4.46. The van der Waals surface area contributed by atoms with Crippen LogP contribution in [0.5, 0.6) is 5.75 Å². The van der Waals surface area contributed by atoms with Crippen LogP contribution in [0.1, 0.15) is 5.56 Å². The van der Waals surface area contributed by atoms with Crippen LogP contribution in [0.2, 0.25) is 0 Å². The van der Waals surface area contributed by atoms with Crippen LogP contribution in [0.4, 0.5) is 0 Å². The molecule has 0 amide bonds. The van der Waals surface area contributed by atoms with E-state index in [1.54, 1.807) is 7.11 Å². The molecule has 1 aromatic rings.